The van der Waals surface area contributed by atoms with Crippen molar-refractivity contribution < 1.29 is 19.4 Å². The van der Waals surface area contributed by atoms with Gasteiger partial charge in [-0.15, -0.1) is 6.58 Å². The van der Waals surface area contributed by atoms with E-state index in [4.69, 9.17) is 5.11 Å². The molecular weight excluding hydrogens is 282 g/mol. The van der Waals surface area contributed by atoms with Crippen molar-refractivity contribution in [2.45, 2.75) is 59.3 Å². The van der Waals surface area contributed by atoms with Crippen LogP contribution >= 0.6 is 0 Å². The Hall–Kier alpha value is -1.52. The molecule has 0 bridgehead atoms. The first-order valence-electron chi connectivity index (χ1n) is 7.97. The van der Waals surface area contributed by atoms with Gasteiger partial charge in [-0.3, -0.25) is 4.79 Å². The zero-order valence-corrected chi connectivity index (χ0v) is 14.6. The van der Waals surface area contributed by atoms with Gasteiger partial charge in [0.1, 0.15) is 6.54 Å². The van der Waals surface area contributed by atoms with Crippen LogP contribution in [0.4, 0.5) is 4.79 Å². The molecule has 22 heavy (non-hydrogen) atoms. The molecular formula is C17H33NO4. The summed E-state index contributed by atoms with van der Waals surface area (Å²) in [6.07, 6.45) is 9.83. The highest BCUT2D eigenvalue weighted by Crippen LogP contribution is 2.28. The van der Waals surface area contributed by atoms with E-state index in [0.717, 1.165) is 18.9 Å². The zero-order valence-electron chi connectivity index (χ0n) is 14.6. The largest absolute Gasteiger partial charge is 0.480 e. The van der Waals surface area contributed by atoms with Gasteiger partial charge in [-0.2, -0.15) is 0 Å². The molecule has 5 heteroatoms. The molecule has 0 heterocycles. The highest BCUT2D eigenvalue weighted by Gasteiger charge is 2.12. The molecule has 0 aliphatic heterocycles. The van der Waals surface area contributed by atoms with Crippen molar-refractivity contribution in [1.82, 2.24) is 5.32 Å². The van der Waals surface area contributed by atoms with Crippen LogP contribution in [-0.2, 0) is 9.53 Å². The van der Waals surface area contributed by atoms with E-state index in [1.165, 1.54) is 38.5 Å². The minimum atomic E-state index is -1.10. The summed E-state index contributed by atoms with van der Waals surface area (Å²) in [5.41, 5.74) is 0. The van der Waals surface area contributed by atoms with Crippen LogP contribution in [0.5, 0.6) is 0 Å². The zero-order chi connectivity index (χ0) is 17.4. The number of carbonyl (C=O) groups excluding carboxylic acids is 1. The second-order valence-electron chi connectivity index (χ2n) is 5.99. The SMILES string of the molecule is C=CCCC1CCCC1.CC(C)C.COC(=O)NCC(=O)O. The van der Waals surface area contributed by atoms with Crippen LogP contribution in [0.1, 0.15) is 59.3 Å². The number of allylic oxidation sites excluding steroid dienone is 1. The molecule has 2 N–H and O–H groups in total. The Morgan fingerprint density at radius 2 is 1.82 bits per heavy atom. The predicted octanol–water partition coefficient (Wildman–Crippen LogP) is 4.23. The number of amides is 1. The summed E-state index contributed by atoms with van der Waals surface area (Å²) in [7, 11) is 1.16. The summed E-state index contributed by atoms with van der Waals surface area (Å²) in [6.45, 7) is 9.81. The number of methoxy groups -OCH3 is 1. The van der Waals surface area contributed by atoms with E-state index in [1.54, 1.807) is 0 Å². The van der Waals surface area contributed by atoms with E-state index in [-0.39, 0.29) is 0 Å². The summed E-state index contributed by atoms with van der Waals surface area (Å²) in [5, 5.41) is 9.96. The molecule has 0 spiro atoms. The molecule has 1 amide bonds. The fourth-order valence-electron chi connectivity index (χ4n) is 1.87. The lowest BCUT2D eigenvalue weighted by Crippen LogP contribution is -2.28. The van der Waals surface area contributed by atoms with Crippen LogP contribution in [0.25, 0.3) is 0 Å². The number of carboxylic acids is 1. The molecule has 0 radical (unpaired) electrons. The summed E-state index contributed by atoms with van der Waals surface area (Å²) in [4.78, 5) is 19.9. The smallest absolute Gasteiger partial charge is 0.407 e. The Bertz CT molecular complexity index is 294. The number of rotatable bonds is 5. The van der Waals surface area contributed by atoms with Gasteiger partial charge in [0, 0.05) is 0 Å². The lowest BCUT2D eigenvalue weighted by molar-refractivity contribution is -0.135. The number of hydrogen-bond acceptors (Lipinski definition) is 3. The maximum absolute atomic E-state index is 10.1. The third-order valence-corrected chi connectivity index (χ3v) is 2.82. The Kier molecular flexibility index (Phi) is 16.4. The van der Waals surface area contributed by atoms with Gasteiger partial charge in [0.15, 0.2) is 0 Å². The molecule has 1 aliphatic carbocycles. The van der Waals surface area contributed by atoms with Crippen molar-refractivity contribution >= 4 is 12.1 Å². The Morgan fingerprint density at radius 1 is 1.32 bits per heavy atom. The van der Waals surface area contributed by atoms with Gasteiger partial charge in [-0.1, -0.05) is 52.5 Å². The fourth-order valence-corrected chi connectivity index (χ4v) is 1.87. The van der Waals surface area contributed by atoms with E-state index >= 15 is 0 Å². The molecule has 0 atom stereocenters. The Labute approximate surface area is 135 Å². The van der Waals surface area contributed by atoms with Crippen LogP contribution in [0.2, 0.25) is 0 Å². The maximum atomic E-state index is 10.1. The Balaban J connectivity index is 0. The van der Waals surface area contributed by atoms with Gasteiger partial charge in [-0.05, 0) is 24.7 Å². The van der Waals surface area contributed by atoms with Crippen LogP contribution in [0.3, 0.4) is 0 Å². The van der Waals surface area contributed by atoms with E-state index < -0.39 is 18.6 Å². The quantitative estimate of drug-likeness (QED) is 0.744. The minimum absolute atomic E-state index is 0.410. The molecule has 0 aromatic rings. The molecule has 1 rings (SSSR count). The second-order valence-corrected chi connectivity index (χ2v) is 5.99. The van der Waals surface area contributed by atoms with E-state index in [0.29, 0.717) is 0 Å². The predicted molar refractivity (Wildman–Crippen MR) is 89.9 cm³/mol. The van der Waals surface area contributed by atoms with E-state index in [9.17, 15) is 9.59 Å². The van der Waals surface area contributed by atoms with Crippen molar-refractivity contribution in [2.75, 3.05) is 13.7 Å². The molecule has 0 aromatic carbocycles. The summed E-state index contributed by atoms with van der Waals surface area (Å²) < 4.78 is 4.09. The number of carbonyl (C=O) groups is 2. The third-order valence-electron chi connectivity index (χ3n) is 2.82. The summed E-state index contributed by atoms with van der Waals surface area (Å²) in [6, 6.07) is 0. The minimum Gasteiger partial charge on any atom is -0.480 e. The first-order chi connectivity index (χ1) is 10.3. The van der Waals surface area contributed by atoms with E-state index in [2.05, 4.69) is 32.1 Å². The monoisotopic (exact) mass is 315 g/mol. The van der Waals surface area contributed by atoms with Gasteiger partial charge in [0.2, 0.25) is 0 Å². The maximum Gasteiger partial charge on any atom is 0.407 e. The van der Waals surface area contributed by atoms with Crippen molar-refractivity contribution in [3.8, 4) is 0 Å². The van der Waals surface area contributed by atoms with Crippen molar-refractivity contribution in [3.05, 3.63) is 12.7 Å². The molecule has 130 valence electrons. The van der Waals surface area contributed by atoms with Gasteiger partial charge in [-0.25, -0.2) is 4.79 Å². The normalized spacial score (nSPS) is 13.3. The number of carboxylic acid groups (broad SMARTS) is 1. The van der Waals surface area contributed by atoms with Crippen LogP contribution in [0.15, 0.2) is 12.7 Å². The Morgan fingerprint density at radius 3 is 2.18 bits per heavy atom. The first-order valence-corrected chi connectivity index (χ1v) is 7.97. The lowest BCUT2D eigenvalue weighted by atomic mass is 10.0. The number of alkyl carbamates (subject to hydrolysis) is 1. The van der Waals surface area contributed by atoms with Gasteiger partial charge in [0.05, 0.1) is 7.11 Å². The standard InChI is InChI=1S/C9H16.C4H7NO4.C4H10/c1-2-3-6-9-7-4-5-8-9;1-9-4(8)5-2-3(6)7;1-4(2)3/h2,9H,1,3-8H2;2H2,1H3,(H,5,8)(H,6,7);4H,1-3H3. The second kappa shape index (κ2) is 15.9. The van der Waals surface area contributed by atoms with Crippen molar-refractivity contribution in [2.24, 2.45) is 11.8 Å². The van der Waals surface area contributed by atoms with Crippen LogP contribution < -0.4 is 5.32 Å². The fraction of sp³-hybridized carbons (Fsp3) is 0.765. The summed E-state index contributed by atoms with van der Waals surface area (Å²) in [5.74, 6) is 0.781. The molecule has 0 unspecified atom stereocenters. The topological polar surface area (TPSA) is 75.6 Å². The highest BCUT2D eigenvalue weighted by molar-refractivity contribution is 5.76. The summed E-state index contributed by atoms with van der Waals surface area (Å²) >= 11 is 0. The molecule has 0 saturated heterocycles. The average Bonchev–Trinajstić information content (AvgIpc) is 2.95. The third kappa shape index (κ3) is 20.8. The molecule has 1 fully saturated rings. The van der Waals surface area contributed by atoms with Gasteiger partial charge < -0.3 is 15.2 Å². The molecule has 1 saturated carbocycles. The lowest BCUT2D eigenvalue weighted by Gasteiger charge is -2.03. The number of nitrogens with one attached hydrogen (secondary N) is 1. The molecule has 5 nitrogen and oxygen atoms in total. The van der Waals surface area contributed by atoms with Gasteiger partial charge in [0.25, 0.3) is 0 Å². The number of hydrogen-bond donors (Lipinski definition) is 2. The number of aliphatic carboxylic acids is 1. The average molecular weight is 315 g/mol. The van der Waals surface area contributed by atoms with Crippen molar-refractivity contribution in [3.63, 3.8) is 0 Å². The number of ether oxygens (including phenoxy) is 1. The van der Waals surface area contributed by atoms with Crippen molar-refractivity contribution in [1.29, 1.82) is 0 Å². The van der Waals surface area contributed by atoms with Crippen LogP contribution in [0, 0.1) is 11.8 Å². The first kappa shape index (κ1) is 22.8. The highest BCUT2D eigenvalue weighted by atomic mass is 16.5. The van der Waals surface area contributed by atoms with E-state index in [1.807, 2.05) is 11.4 Å². The molecule has 0 aromatic heterocycles. The van der Waals surface area contributed by atoms with Gasteiger partial charge >= 0.3 is 12.1 Å². The molecule has 1 aliphatic rings. The van der Waals surface area contributed by atoms with Crippen LogP contribution in [-0.4, -0.2) is 30.8 Å².